The molecule has 0 bridgehead atoms. The number of amides is 4. The molecule has 6 N–H and O–H groups in total. The smallest absolute Gasteiger partial charge is 0.317 e. The summed E-state index contributed by atoms with van der Waals surface area (Å²) >= 11 is 0. The van der Waals surface area contributed by atoms with E-state index in [2.05, 4.69) is 10.6 Å². The second kappa shape index (κ2) is 9.94. The fourth-order valence-corrected chi connectivity index (χ4v) is 3.07. The minimum atomic E-state index is -0.826. The quantitative estimate of drug-likeness (QED) is 0.338. The summed E-state index contributed by atoms with van der Waals surface area (Å²) in [6.07, 6.45) is 2.71. The Bertz CT molecular complexity index is 500. The fraction of sp³-hybridized carbons (Fsp3) is 0.733. The number of carbonyl (C=O) groups excluding carboxylic acids is 4. The number of nitrogens with two attached hydrogens (primary N) is 2. The van der Waals surface area contributed by atoms with Crippen LogP contribution in [0.2, 0.25) is 0 Å². The summed E-state index contributed by atoms with van der Waals surface area (Å²) in [5.41, 5.74) is 10.6. The van der Waals surface area contributed by atoms with Crippen molar-refractivity contribution in [2.24, 2.45) is 11.5 Å². The van der Waals surface area contributed by atoms with Gasteiger partial charge in [-0.05, 0) is 26.3 Å². The monoisotopic (exact) mass is 356 g/mol. The summed E-state index contributed by atoms with van der Waals surface area (Å²) in [6.45, 7) is 0.194. The Kier molecular flexibility index (Phi) is 8.29. The molecule has 0 aromatic rings. The molecule has 0 aliphatic carbocycles. The molecule has 0 aromatic heterocycles. The van der Waals surface area contributed by atoms with Crippen molar-refractivity contribution >= 4 is 24.1 Å². The second-order valence-corrected chi connectivity index (χ2v) is 6.12. The average Bonchev–Trinajstić information content (AvgIpc) is 2.97. The van der Waals surface area contributed by atoms with Crippen LogP contribution in [-0.2, 0) is 14.4 Å². The molecule has 0 aromatic carbocycles. The predicted octanol–water partition coefficient (Wildman–Crippen LogP) is -2.39. The molecule has 10 heteroatoms. The van der Waals surface area contributed by atoms with Gasteiger partial charge in [0.1, 0.15) is 12.3 Å². The van der Waals surface area contributed by atoms with Crippen LogP contribution in [0, 0.1) is 0 Å². The number of hydrogen-bond donors (Lipinski definition) is 4. The molecule has 25 heavy (non-hydrogen) atoms. The largest absolute Gasteiger partial charge is 0.368 e. The van der Waals surface area contributed by atoms with Gasteiger partial charge in [0.15, 0.2) is 0 Å². The van der Waals surface area contributed by atoms with Crippen molar-refractivity contribution in [1.29, 1.82) is 0 Å². The van der Waals surface area contributed by atoms with Crippen LogP contribution in [0.1, 0.15) is 19.3 Å². The van der Waals surface area contributed by atoms with Crippen molar-refractivity contribution in [3.63, 3.8) is 0 Å². The Morgan fingerprint density at radius 3 is 2.52 bits per heavy atom. The SMILES string of the molecule is CNC(=O)N(CCC1CCC(C(N)=O)N1C)CC(C=O)NC(=O)CN. The maximum Gasteiger partial charge on any atom is 0.317 e. The minimum Gasteiger partial charge on any atom is -0.368 e. The van der Waals surface area contributed by atoms with E-state index in [9.17, 15) is 19.2 Å². The number of nitrogens with zero attached hydrogens (tertiary/aromatic N) is 2. The number of nitrogens with one attached hydrogen (secondary N) is 2. The predicted molar refractivity (Wildman–Crippen MR) is 91.5 cm³/mol. The van der Waals surface area contributed by atoms with E-state index in [4.69, 9.17) is 11.5 Å². The van der Waals surface area contributed by atoms with Crippen LogP contribution in [0.4, 0.5) is 4.79 Å². The molecule has 1 saturated heterocycles. The van der Waals surface area contributed by atoms with Crippen molar-refractivity contribution in [3.8, 4) is 0 Å². The highest BCUT2D eigenvalue weighted by Crippen LogP contribution is 2.24. The van der Waals surface area contributed by atoms with Crippen molar-refractivity contribution in [3.05, 3.63) is 0 Å². The van der Waals surface area contributed by atoms with E-state index in [1.54, 1.807) is 0 Å². The molecule has 3 unspecified atom stereocenters. The van der Waals surface area contributed by atoms with Crippen LogP contribution in [0.5, 0.6) is 0 Å². The van der Waals surface area contributed by atoms with Crippen LogP contribution in [-0.4, -0.2) is 85.8 Å². The number of urea groups is 1. The minimum absolute atomic E-state index is 0.0462. The van der Waals surface area contributed by atoms with Crippen molar-refractivity contribution in [1.82, 2.24) is 20.4 Å². The van der Waals surface area contributed by atoms with Gasteiger partial charge in [-0.1, -0.05) is 0 Å². The second-order valence-electron chi connectivity index (χ2n) is 6.12. The average molecular weight is 356 g/mol. The molecule has 1 aliphatic rings. The highest BCUT2D eigenvalue weighted by Gasteiger charge is 2.34. The number of likely N-dealkylation sites (N-methyl/N-ethyl adjacent to an activating group) is 1. The van der Waals surface area contributed by atoms with Gasteiger partial charge in [-0.15, -0.1) is 0 Å². The van der Waals surface area contributed by atoms with E-state index in [-0.39, 0.29) is 37.1 Å². The first kappa shape index (κ1) is 20.8. The molecule has 4 amide bonds. The zero-order chi connectivity index (χ0) is 19.0. The maximum atomic E-state index is 12.1. The van der Waals surface area contributed by atoms with E-state index < -0.39 is 11.9 Å². The lowest BCUT2D eigenvalue weighted by molar-refractivity contribution is -0.123. The number of rotatable bonds is 9. The lowest BCUT2D eigenvalue weighted by Crippen LogP contribution is -2.51. The van der Waals surface area contributed by atoms with Gasteiger partial charge in [0.2, 0.25) is 11.8 Å². The van der Waals surface area contributed by atoms with Gasteiger partial charge >= 0.3 is 6.03 Å². The third kappa shape index (κ3) is 5.98. The lowest BCUT2D eigenvalue weighted by Gasteiger charge is -2.29. The van der Waals surface area contributed by atoms with Gasteiger partial charge in [0.25, 0.3) is 0 Å². The molecular formula is C15H28N6O4. The van der Waals surface area contributed by atoms with Crippen molar-refractivity contribution in [2.75, 3.05) is 33.7 Å². The van der Waals surface area contributed by atoms with Crippen molar-refractivity contribution < 1.29 is 19.2 Å². The highest BCUT2D eigenvalue weighted by atomic mass is 16.2. The molecular weight excluding hydrogens is 328 g/mol. The molecule has 1 rings (SSSR count). The zero-order valence-electron chi connectivity index (χ0n) is 14.7. The highest BCUT2D eigenvalue weighted by molar-refractivity contribution is 5.82. The molecule has 1 fully saturated rings. The normalized spacial score (nSPS) is 21.4. The maximum absolute atomic E-state index is 12.1. The number of likely N-dealkylation sites (tertiary alicyclic amines) is 1. The molecule has 1 aliphatic heterocycles. The first-order valence-electron chi connectivity index (χ1n) is 8.26. The molecule has 10 nitrogen and oxygen atoms in total. The number of hydrogen-bond acceptors (Lipinski definition) is 6. The number of primary amides is 1. The Balaban J connectivity index is 2.64. The van der Waals surface area contributed by atoms with Gasteiger partial charge in [-0.25, -0.2) is 4.79 Å². The Morgan fingerprint density at radius 1 is 1.36 bits per heavy atom. The van der Waals surface area contributed by atoms with Crippen LogP contribution >= 0.6 is 0 Å². The van der Waals surface area contributed by atoms with Gasteiger partial charge in [0, 0.05) is 26.2 Å². The lowest BCUT2D eigenvalue weighted by atomic mass is 10.1. The summed E-state index contributed by atoms with van der Waals surface area (Å²) in [4.78, 5) is 49.3. The Hall–Kier alpha value is -2.20. The van der Waals surface area contributed by atoms with Gasteiger partial charge < -0.3 is 31.8 Å². The molecule has 3 atom stereocenters. The van der Waals surface area contributed by atoms with E-state index >= 15 is 0 Å². The summed E-state index contributed by atoms with van der Waals surface area (Å²) in [5, 5.41) is 4.98. The van der Waals surface area contributed by atoms with Crippen LogP contribution in [0.3, 0.4) is 0 Å². The van der Waals surface area contributed by atoms with Gasteiger partial charge in [-0.3, -0.25) is 14.5 Å². The third-order valence-electron chi connectivity index (χ3n) is 4.52. The van der Waals surface area contributed by atoms with E-state index in [0.29, 0.717) is 25.7 Å². The van der Waals surface area contributed by atoms with E-state index in [1.807, 2.05) is 11.9 Å². The Labute approximate surface area is 147 Å². The van der Waals surface area contributed by atoms with Crippen LogP contribution in [0.25, 0.3) is 0 Å². The van der Waals surface area contributed by atoms with Gasteiger partial charge in [-0.2, -0.15) is 0 Å². The first-order valence-corrected chi connectivity index (χ1v) is 8.26. The molecule has 1 heterocycles. The van der Waals surface area contributed by atoms with Crippen molar-refractivity contribution in [2.45, 2.75) is 37.4 Å². The number of aldehydes is 1. The molecule has 0 radical (unpaired) electrons. The molecule has 0 spiro atoms. The summed E-state index contributed by atoms with van der Waals surface area (Å²) in [5.74, 6) is -0.813. The standard InChI is InChI=1S/C15H28N6O4/c1-18-15(25)21(8-10(9-22)19-13(23)7-16)6-5-11-3-4-12(14(17)24)20(11)2/h9-12H,3-8,16H2,1-2H3,(H2,17,24)(H,18,25)(H,19,23). The summed E-state index contributed by atoms with van der Waals surface area (Å²) < 4.78 is 0. The van der Waals surface area contributed by atoms with Gasteiger partial charge in [0.05, 0.1) is 12.6 Å². The molecule has 142 valence electrons. The van der Waals surface area contributed by atoms with E-state index in [1.165, 1.54) is 11.9 Å². The summed E-state index contributed by atoms with van der Waals surface area (Å²) in [7, 11) is 3.33. The van der Waals surface area contributed by atoms with Crippen LogP contribution < -0.4 is 22.1 Å². The third-order valence-corrected chi connectivity index (χ3v) is 4.52. The Morgan fingerprint density at radius 2 is 2.04 bits per heavy atom. The first-order chi connectivity index (χ1) is 11.8. The van der Waals surface area contributed by atoms with Crippen LogP contribution in [0.15, 0.2) is 0 Å². The fourth-order valence-electron chi connectivity index (χ4n) is 3.07. The summed E-state index contributed by atoms with van der Waals surface area (Å²) in [6, 6.07) is -1.34. The number of carbonyl (C=O) groups is 4. The zero-order valence-corrected chi connectivity index (χ0v) is 14.7. The topological polar surface area (TPSA) is 151 Å². The molecule has 0 saturated carbocycles. The van der Waals surface area contributed by atoms with E-state index in [0.717, 1.165) is 6.42 Å².